The lowest BCUT2D eigenvalue weighted by molar-refractivity contribution is -0.169. The van der Waals surface area contributed by atoms with Crippen LogP contribution in [0.2, 0.25) is 0 Å². The summed E-state index contributed by atoms with van der Waals surface area (Å²) in [5, 5.41) is 28.6. The molecule has 0 aliphatic carbocycles. The van der Waals surface area contributed by atoms with Crippen molar-refractivity contribution in [3.63, 3.8) is 0 Å². The number of amides is 2. The fraction of sp³-hybridized carbons (Fsp3) is 0.154. The van der Waals surface area contributed by atoms with Gasteiger partial charge in [-0.15, -0.1) is 0 Å². The normalized spacial score (nSPS) is 11.2. The van der Waals surface area contributed by atoms with Crippen molar-refractivity contribution in [3.05, 3.63) is 34.2 Å². The number of nitrogens with two attached hydrogens (primary N) is 1. The van der Waals surface area contributed by atoms with Crippen LogP contribution in [0.5, 0.6) is 0 Å². The monoisotopic (exact) mass is 445 g/mol. The van der Waals surface area contributed by atoms with Crippen LogP contribution in [0.1, 0.15) is 5.69 Å². The summed E-state index contributed by atoms with van der Waals surface area (Å²) < 4.78 is 18.0. The van der Waals surface area contributed by atoms with Gasteiger partial charge in [0.1, 0.15) is 5.82 Å². The molecule has 0 saturated carbocycles. The van der Waals surface area contributed by atoms with Crippen molar-refractivity contribution in [2.24, 2.45) is 10.7 Å². The van der Waals surface area contributed by atoms with Crippen LogP contribution in [0.3, 0.4) is 0 Å². The van der Waals surface area contributed by atoms with E-state index in [2.05, 4.69) is 41.2 Å². The van der Waals surface area contributed by atoms with E-state index in [0.29, 0.717) is 0 Å². The van der Waals surface area contributed by atoms with Gasteiger partial charge in [-0.1, -0.05) is 0 Å². The SMILES string of the molecule is NC(=O)C(=O)N(O)CCNc1nonc1C(=Nc1ccc(F)c(Br)c1)NO. The Balaban J connectivity index is 2.11. The van der Waals surface area contributed by atoms with Crippen molar-refractivity contribution in [3.8, 4) is 0 Å². The Morgan fingerprint density at radius 3 is 2.78 bits per heavy atom. The Kier molecular flexibility index (Phi) is 6.75. The molecule has 0 radical (unpaired) electrons. The van der Waals surface area contributed by atoms with Crippen molar-refractivity contribution in [2.45, 2.75) is 0 Å². The van der Waals surface area contributed by atoms with E-state index in [-0.39, 0.29) is 45.7 Å². The predicted molar refractivity (Wildman–Crippen MR) is 90.7 cm³/mol. The Hall–Kier alpha value is -3.10. The van der Waals surface area contributed by atoms with E-state index in [1.807, 2.05) is 5.48 Å². The van der Waals surface area contributed by atoms with Crippen LogP contribution in [0.25, 0.3) is 0 Å². The number of carbonyl (C=O) groups is 2. The van der Waals surface area contributed by atoms with E-state index in [9.17, 15) is 24.4 Å². The van der Waals surface area contributed by atoms with E-state index in [0.717, 1.165) is 0 Å². The number of nitrogens with one attached hydrogen (secondary N) is 2. The summed E-state index contributed by atoms with van der Waals surface area (Å²) in [5.41, 5.74) is 6.82. The molecule has 2 amide bonds. The highest BCUT2D eigenvalue weighted by Gasteiger charge is 2.19. The number of hydrogen-bond donors (Lipinski definition) is 5. The number of amidine groups is 1. The Morgan fingerprint density at radius 2 is 2.15 bits per heavy atom. The van der Waals surface area contributed by atoms with E-state index >= 15 is 0 Å². The lowest BCUT2D eigenvalue weighted by Gasteiger charge is -2.13. The molecule has 2 aromatic rings. The van der Waals surface area contributed by atoms with Crippen molar-refractivity contribution in [1.29, 1.82) is 0 Å². The van der Waals surface area contributed by atoms with Gasteiger partial charge in [0.2, 0.25) is 5.82 Å². The molecule has 1 aromatic carbocycles. The number of hydrogen-bond acceptors (Lipinski definition) is 9. The maximum Gasteiger partial charge on any atom is 0.335 e. The third-order valence-electron chi connectivity index (χ3n) is 3.02. The Labute approximate surface area is 158 Å². The fourth-order valence-corrected chi connectivity index (χ4v) is 2.15. The third-order valence-corrected chi connectivity index (χ3v) is 3.63. The zero-order valence-corrected chi connectivity index (χ0v) is 15.0. The van der Waals surface area contributed by atoms with E-state index in [1.165, 1.54) is 18.2 Å². The van der Waals surface area contributed by atoms with Gasteiger partial charge in [0.05, 0.1) is 16.7 Å². The van der Waals surface area contributed by atoms with Crippen LogP contribution >= 0.6 is 15.9 Å². The molecule has 6 N–H and O–H groups in total. The van der Waals surface area contributed by atoms with Crippen LogP contribution in [0.4, 0.5) is 15.9 Å². The summed E-state index contributed by atoms with van der Waals surface area (Å²) in [5.74, 6) is -3.25. The van der Waals surface area contributed by atoms with Crippen molar-refractivity contribution in [2.75, 3.05) is 18.4 Å². The van der Waals surface area contributed by atoms with Gasteiger partial charge in [-0.05, 0) is 44.4 Å². The standard InChI is InChI=1S/C13H13BrFN7O5/c14-7-5-6(1-2-8(7)15)18-12(19-25)9-11(21-27-20-9)17-3-4-22(26)13(24)10(16)23/h1-2,5,25-26H,3-4H2,(H2,16,23)(H,17,21)(H,18,19). The average Bonchev–Trinajstić information content (AvgIpc) is 3.10. The second-order valence-corrected chi connectivity index (χ2v) is 5.71. The smallest absolute Gasteiger partial charge is 0.335 e. The lowest BCUT2D eigenvalue weighted by atomic mass is 10.3. The molecule has 1 aromatic heterocycles. The van der Waals surface area contributed by atoms with Crippen molar-refractivity contribution < 1.29 is 29.0 Å². The van der Waals surface area contributed by atoms with E-state index < -0.39 is 17.6 Å². The molecule has 1 heterocycles. The highest BCUT2D eigenvalue weighted by molar-refractivity contribution is 9.10. The summed E-state index contributed by atoms with van der Waals surface area (Å²) >= 11 is 3.02. The number of carbonyl (C=O) groups excluding carboxylic acids is 2. The van der Waals surface area contributed by atoms with Crippen LogP contribution in [-0.4, -0.2) is 56.5 Å². The van der Waals surface area contributed by atoms with Crippen LogP contribution in [0.15, 0.2) is 32.3 Å². The fourth-order valence-electron chi connectivity index (χ4n) is 1.78. The maximum absolute atomic E-state index is 13.3. The maximum atomic E-state index is 13.3. The molecule has 2 rings (SSSR count). The van der Waals surface area contributed by atoms with Crippen LogP contribution < -0.4 is 16.5 Å². The average molecular weight is 446 g/mol. The largest absolute Gasteiger partial charge is 0.363 e. The minimum absolute atomic E-state index is 0.0106. The first-order valence-corrected chi connectivity index (χ1v) is 7.93. The lowest BCUT2D eigenvalue weighted by Crippen LogP contribution is -2.40. The molecule has 0 unspecified atom stereocenters. The molecular weight excluding hydrogens is 433 g/mol. The van der Waals surface area contributed by atoms with Crippen molar-refractivity contribution in [1.82, 2.24) is 20.9 Å². The Morgan fingerprint density at radius 1 is 1.41 bits per heavy atom. The van der Waals surface area contributed by atoms with Gasteiger partial charge in [0.15, 0.2) is 11.5 Å². The molecule has 144 valence electrons. The second-order valence-electron chi connectivity index (χ2n) is 4.85. The number of halogens is 2. The molecule has 27 heavy (non-hydrogen) atoms. The zero-order valence-electron chi connectivity index (χ0n) is 13.4. The zero-order chi connectivity index (χ0) is 20.0. The molecule has 14 heteroatoms. The highest BCUT2D eigenvalue weighted by atomic mass is 79.9. The van der Waals surface area contributed by atoms with Gasteiger partial charge in [0.25, 0.3) is 0 Å². The predicted octanol–water partition coefficient (Wildman–Crippen LogP) is 0.143. The quantitative estimate of drug-likeness (QED) is 0.136. The van der Waals surface area contributed by atoms with Gasteiger partial charge in [-0.3, -0.25) is 25.5 Å². The topological polar surface area (TPSA) is 179 Å². The first-order chi connectivity index (χ1) is 12.8. The number of primary amides is 1. The molecule has 0 aliphatic heterocycles. The summed E-state index contributed by atoms with van der Waals surface area (Å²) in [6, 6.07) is 3.90. The minimum atomic E-state index is -1.31. The summed E-state index contributed by atoms with van der Waals surface area (Å²) in [7, 11) is 0. The number of hydroxylamine groups is 3. The number of benzene rings is 1. The highest BCUT2D eigenvalue weighted by Crippen LogP contribution is 2.23. The Bertz CT molecular complexity index is 874. The minimum Gasteiger partial charge on any atom is -0.363 e. The summed E-state index contributed by atoms with van der Waals surface area (Å²) in [4.78, 5) is 25.9. The van der Waals surface area contributed by atoms with E-state index in [1.54, 1.807) is 0 Å². The third kappa shape index (κ3) is 5.19. The molecule has 0 atom stereocenters. The molecule has 0 saturated heterocycles. The number of nitrogens with zero attached hydrogens (tertiary/aromatic N) is 4. The van der Waals surface area contributed by atoms with Crippen molar-refractivity contribution >= 4 is 45.1 Å². The summed E-state index contributed by atoms with van der Waals surface area (Å²) in [6.45, 7) is -0.379. The molecule has 0 spiro atoms. The molecule has 0 aliphatic rings. The summed E-state index contributed by atoms with van der Waals surface area (Å²) in [6.07, 6.45) is 0. The number of rotatable bonds is 6. The second kappa shape index (κ2) is 9.02. The van der Waals surface area contributed by atoms with Gasteiger partial charge < -0.3 is 11.1 Å². The molecular formula is C13H13BrFN7O5. The van der Waals surface area contributed by atoms with Gasteiger partial charge in [-0.25, -0.2) is 19.1 Å². The van der Waals surface area contributed by atoms with E-state index in [4.69, 9.17) is 5.73 Å². The van der Waals surface area contributed by atoms with Gasteiger partial charge in [0, 0.05) is 6.54 Å². The molecule has 0 fully saturated rings. The number of anilines is 1. The van der Waals surface area contributed by atoms with Crippen LogP contribution in [-0.2, 0) is 9.59 Å². The first kappa shape index (κ1) is 20.2. The molecule has 12 nitrogen and oxygen atoms in total. The first-order valence-electron chi connectivity index (χ1n) is 7.14. The van der Waals surface area contributed by atoms with Gasteiger partial charge in [-0.2, -0.15) is 0 Å². The van der Waals surface area contributed by atoms with Gasteiger partial charge >= 0.3 is 11.8 Å². The number of aromatic nitrogens is 2. The molecule has 0 bridgehead atoms. The number of aliphatic imine (C=N–C) groups is 1. The van der Waals surface area contributed by atoms with Crippen LogP contribution in [0, 0.1) is 5.82 Å².